The molecule has 2 nitrogen and oxygen atoms in total. The van der Waals surface area contributed by atoms with Crippen molar-refractivity contribution < 1.29 is 34.8 Å². The molecule has 0 heterocycles. The van der Waals surface area contributed by atoms with Gasteiger partial charge in [0.1, 0.15) is 0 Å². The van der Waals surface area contributed by atoms with Gasteiger partial charge in [-0.2, -0.15) is 26.3 Å². The van der Waals surface area contributed by atoms with Crippen LogP contribution in [0.5, 0.6) is 0 Å². The minimum atomic E-state index is -7.01. The van der Waals surface area contributed by atoms with E-state index in [0.717, 1.165) is 0 Å². The van der Waals surface area contributed by atoms with Crippen LogP contribution in [0.15, 0.2) is 0 Å². The van der Waals surface area contributed by atoms with E-state index in [4.69, 9.17) is 0 Å². The number of hydrogen-bond acceptors (Lipinski definition) is 2. The summed E-state index contributed by atoms with van der Waals surface area (Å²) in [6.07, 6.45) is 0. The molecule has 0 amide bonds. The van der Waals surface area contributed by atoms with Crippen molar-refractivity contribution in [2.75, 3.05) is 0 Å². The molecule has 0 aromatic carbocycles. The van der Waals surface area contributed by atoms with Gasteiger partial charge in [-0.25, -0.2) is 8.42 Å². The monoisotopic (exact) mass is 226 g/mol. The average molecular weight is 226 g/mol. The summed E-state index contributed by atoms with van der Waals surface area (Å²) < 4.78 is 85.0. The van der Waals surface area contributed by atoms with Gasteiger partial charge >= 0.3 is 50.4 Å². The summed E-state index contributed by atoms with van der Waals surface area (Å²) in [4.78, 5) is 0. The Morgan fingerprint density at radius 2 is 0.917 bits per heavy atom. The quantitative estimate of drug-likeness (QED) is 0.452. The summed E-state index contributed by atoms with van der Waals surface area (Å²) in [5, 5.41) is 0. The van der Waals surface area contributed by atoms with Gasteiger partial charge in [0.05, 0.1) is 0 Å². The van der Waals surface area contributed by atoms with E-state index in [1.807, 2.05) is 0 Å². The molecule has 0 spiro atoms. The van der Waals surface area contributed by atoms with E-state index in [-0.39, 0.29) is 29.6 Å². The van der Waals surface area contributed by atoms with Gasteiger partial charge in [-0.15, -0.1) is 0 Å². The van der Waals surface area contributed by atoms with Gasteiger partial charge in [-0.05, 0) is 0 Å². The molecule has 0 aliphatic rings. The Kier molecular flexibility index (Phi) is 4.66. The molecular weight excluding hydrogens is 225 g/mol. The molecule has 0 saturated carbocycles. The van der Waals surface area contributed by atoms with Crippen LogP contribution in [0.3, 0.4) is 0 Å². The Labute approximate surface area is 85.1 Å². The molecule has 0 aliphatic carbocycles. The van der Waals surface area contributed by atoms with Crippen LogP contribution >= 0.6 is 0 Å². The van der Waals surface area contributed by atoms with Gasteiger partial charge in [-0.1, -0.05) is 0 Å². The fraction of sp³-hybridized carbons (Fsp3) is 1.00. The molecule has 0 atom stereocenters. The van der Waals surface area contributed by atoms with E-state index in [1.54, 1.807) is 0 Å². The van der Waals surface area contributed by atoms with Gasteiger partial charge < -0.3 is 0 Å². The summed E-state index contributed by atoms with van der Waals surface area (Å²) in [6, 6.07) is 0. The summed E-state index contributed by atoms with van der Waals surface area (Å²) in [5.74, 6) is 0. The van der Waals surface area contributed by atoms with Gasteiger partial charge in [0.2, 0.25) is 0 Å². The first-order valence-electron chi connectivity index (χ1n) is 1.88. The first-order valence-corrected chi connectivity index (χ1v) is 3.36. The normalized spacial score (nSPS) is 13.8. The molecule has 0 aromatic rings. The van der Waals surface area contributed by atoms with E-state index in [9.17, 15) is 34.8 Å². The first kappa shape index (κ1) is 15.0. The van der Waals surface area contributed by atoms with Crippen LogP contribution in [0.1, 0.15) is 0 Å². The summed E-state index contributed by atoms with van der Waals surface area (Å²) >= 11 is 0. The Hall–Kier alpha value is 0.530. The standard InChI is InChI=1S/C2F6O2S.Na.H/c3-1(4,5)11(9,10)2(6,7)8;;. The third-order valence-corrected chi connectivity index (χ3v) is 1.83. The molecule has 0 N–H and O–H groups in total. The SMILES string of the molecule is O=S(=O)(C(F)(F)F)C(F)(F)F.[NaH]. The summed E-state index contributed by atoms with van der Waals surface area (Å²) in [5.41, 5.74) is -12.5. The van der Waals surface area contributed by atoms with Crippen LogP contribution in [-0.4, -0.2) is 49.0 Å². The van der Waals surface area contributed by atoms with Gasteiger partial charge in [0.15, 0.2) is 0 Å². The Morgan fingerprint density at radius 3 is 0.917 bits per heavy atom. The summed E-state index contributed by atoms with van der Waals surface area (Å²) in [7, 11) is -7.01. The van der Waals surface area contributed by atoms with E-state index < -0.39 is 20.9 Å². The van der Waals surface area contributed by atoms with Crippen LogP contribution in [0.4, 0.5) is 26.3 Å². The third kappa shape index (κ3) is 2.79. The van der Waals surface area contributed by atoms with Crippen molar-refractivity contribution in [3.8, 4) is 0 Å². The van der Waals surface area contributed by atoms with E-state index >= 15 is 0 Å². The number of halogens is 6. The second-order valence-electron chi connectivity index (χ2n) is 1.39. The van der Waals surface area contributed by atoms with E-state index in [1.165, 1.54) is 0 Å². The molecule has 0 bridgehead atoms. The van der Waals surface area contributed by atoms with Crippen LogP contribution in [0.25, 0.3) is 0 Å². The molecule has 0 aromatic heterocycles. The molecule has 0 radical (unpaired) electrons. The molecular formula is C2HF6NaO2S. The van der Waals surface area contributed by atoms with E-state index in [2.05, 4.69) is 0 Å². The Balaban J connectivity index is 0. The van der Waals surface area contributed by atoms with Gasteiger partial charge in [0.25, 0.3) is 0 Å². The van der Waals surface area contributed by atoms with Crippen molar-refractivity contribution in [2.24, 2.45) is 0 Å². The van der Waals surface area contributed by atoms with Crippen LogP contribution in [-0.2, 0) is 9.84 Å². The van der Waals surface area contributed by atoms with Crippen LogP contribution in [0, 0.1) is 0 Å². The van der Waals surface area contributed by atoms with Crippen molar-refractivity contribution >= 4 is 39.4 Å². The Morgan fingerprint density at radius 1 is 0.750 bits per heavy atom. The molecule has 0 aliphatic heterocycles. The topological polar surface area (TPSA) is 34.1 Å². The second-order valence-corrected chi connectivity index (χ2v) is 3.33. The second kappa shape index (κ2) is 3.72. The summed E-state index contributed by atoms with van der Waals surface area (Å²) in [6.45, 7) is 0. The predicted molar refractivity (Wildman–Crippen MR) is 28.2 cm³/mol. The number of sulfone groups is 1. The maximum absolute atomic E-state index is 11.0. The molecule has 12 heavy (non-hydrogen) atoms. The van der Waals surface area contributed by atoms with E-state index in [0.29, 0.717) is 0 Å². The number of alkyl halides is 6. The molecule has 0 fully saturated rings. The number of hydrogen-bond donors (Lipinski definition) is 0. The fourth-order valence-corrected chi connectivity index (χ4v) is 0.394. The average Bonchev–Trinajstić information content (AvgIpc) is 1.58. The van der Waals surface area contributed by atoms with Gasteiger partial charge in [-0.3, -0.25) is 0 Å². The zero-order valence-corrected chi connectivity index (χ0v) is 5.31. The van der Waals surface area contributed by atoms with Crippen LogP contribution < -0.4 is 0 Å². The van der Waals surface area contributed by atoms with Crippen molar-refractivity contribution in [1.82, 2.24) is 0 Å². The fourth-order valence-electron chi connectivity index (χ4n) is 0.131. The Bertz CT molecular complexity index is 215. The predicted octanol–water partition coefficient (Wildman–Crippen LogP) is 0.792. The van der Waals surface area contributed by atoms with Crippen molar-refractivity contribution in [2.45, 2.75) is 11.0 Å². The maximum atomic E-state index is 11.0. The minimum absolute atomic E-state index is 0. The molecule has 0 unspecified atom stereocenters. The number of rotatable bonds is 0. The molecule has 0 saturated heterocycles. The zero-order chi connectivity index (χ0) is 9.50. The molecule has 70 valence electrons. The van der Waals surface area contributed by atoms with Gasteiger partial charge in [0, 0.05) is 0 Å². The molecule has 10 heteroatoms. The zero-order valence-electron chi connectivity index (χ0n) is 4.49. The van der Waals surface area contributed by atoms with Crippen LogP contribution in [0.2, 0.25) is 0 Å². The molecule has 0 rings (SSSR count). The third-order valence-electron chi connectivity index (χ3n) is 0.609. The van der Waals surface area contributed by atoms with Crippen molar-refractivity contribution in [1.29, 1.82) is 0 Å². The first-order chi connectivity index (χ1) is 4.50. The van der Waals surface area contributed by atoms with Crippen molar-refractivity contribution in [3.05, 3.63) is 0 Å². The van der Waals surface area contributed by atoms with Crippen molar-refractivity contribution in [3.63, 3.8) is 0 Å².